The van der Waals surface area contributed by atoms with Crippen molar-refractivity contribution in [2.75, 3.05) is 0 Å². The van der Waals surface area contributed by atoms with Crippen LogP contribution < -0.4 is 0 Å². The topological polar surface area (TPSA) is 28.7 Å². The number of H-pyrrole nitrogens is 1. The Morgan fingerprint density at radius 1 is 1.21 bits per heavy atom. The van der Waals surface area contributed by atoms with Crippen molar-refractivity contribution in [3.63, 3.8) is 0 Å². The molecule has 0 saturated heterocycles. The molecule has 78 valence electrons. The van der Waals surface area contributed by atoms with Crippen LogP contribution in [0.5, 0.6) is 0 Å². The molecule has 1 aromatic heterocycles. The molecular formula is C12H20N2. The molecule has 1 aromatic rings. The summed E-state index contributed by atoms with van der Waals surface area (Å²) in [6.45, 7) is 0. The second-order valence-corrected chi connectivity index (χ2v) is 4.43. The van der Waals surface area contributed by atoms with Crippen molar-refractivity contribution >= 4 is 0 Å². The number of hydrogen-bond acceptors (Lipinski definition) is 1. The number of aromatic amines is 1. The highest BCUT2D eigenvalue weighted by Crippen LogP contribution is 2.26. The fraction of sp³-hybridized carbons (Fsp3) is 0.750. The van der Waals surface area contributed by atoms with E-state index in [1.807, 2.05) is 12.4 Å². The lowest BCUT2D eigenvalue weighted by molar-refractivity contribution is 0.425. The molecule has 0 bridgehead atoms. The molecule has 0 unspecified atom stereocenters. The van der Waals surface area contributed by atoms with E-state index in [2.05, 4.69) is 9.97 Å². The quantitative estimate of drug-likeness (QED) is 0.731. The third-order valence-corrected chi connectivity index (χ3v) is 3.32. The van der Waals surface area contributed by atoms with Gasteiger partial charge in [0, 0.05) is 18.8 Å². The minimum absolute atomic E-state index is 0.961. The first-order valence-corrected chi connectivity index (χ1v) is 5.93. The van der Waals surface area contributed by atoms with Crippen molar-refractivity contribution in [1.82, 2.24) is 9.97 Å². The summed E-state index contributed by atoms with van der Waals surface area (Å²) < 4.78 is 0. The van der Waals surface area contributed by atoms with Crippen LogP contribution in [0.4, 0.5) is 0 Å². The Labute approximate surface area is 86.1 Å². The third-order valence-electron chi connectivity index (χ3n) is 3.32. The van der Waals surface area contributed by atoms with Gasteiger partial charge in [0.25, 0.3) is 0 Å². The van der Waals surface area contributed by atoms with Crippen molar-refractivity contribution in [2.24, 2.45) is 5.92 Å². The van der Waals surface area contributed by atoms with Gasteiger partial charge in [-0.3, -0.25) is 0 Å². The summed E-state index contributed by atoms with van der Waals surface area (Å²) in [6.07, 6.45) is 14.9. The summed E-state index contributed by atoms with van der Waals surface area (Å²) in [5.41, 5.74) is 0. The Bertz CT molecular complexity index is 233. The normalized spacial score (nSPS) is 19.4. The molecule has 0 amide bonds. The molecule has 2 nitrogen and oxygen atoms in total. The van der Waals surface area contributed by atoms with Gasteiger partial charge >= 0.3 is 0 Å². The van der Waals surface area contributed by atoms with Gasteiger partial charge in [0.2, 0.25) is 0 Å². The number of rotatable bonds is 3. The first-order chi connectivity index (χ1) is 6.95. The SMILES string of the molecule is c1c[nH]c(CCC2CCCCCC2)n1. The van der Waals surface area contributed by atoms with E-state index in [1.165, 1.54) is 44.9 Å². The van der Waals surface area contributed by atoms with Gasteiger partial charge in [0.05, 0.1) is 0 Å². The minimum atomic E-state index is 0.961. The van der Waals surface area contributed by atoms with Gasteiger partial charge in [-0.05, 0) is 12.3 Å². The first kappa shape index (κ1) is 9.75. The largest absolute Gasteiger partial charge is 0.349 e. The third kappa shape index (κ3) is 2.86. The second kappa shape index (κ2) is 5.18. The molecule has 1 aliphatic rings. The van der Waals surface area contributed by atoms with Crippen LogP contribution >= 0.6 is 0 Å². The van der Waals surface area contributed by atoms with E-state index in [9.17, 15) is 0 Å². The molecule has 2 heteroatoms. The Balaban J connectivity index is 1.73. The monoisotopic (exact) mass is 192 g/mol. The van der Waals surface area contributed by atoms with Crippen LogP contribution in [0.25, 0.3) is 0 Å². The van der Waals surface area contributed by atoms with Crippen LogP contribution in [0, 0.1) is 5.92 Å². The molecular weight excluding hydrogens is 172 g/mol. The van der Waals surface area contributed by atoms with Gasteiger partial charge in [-0.15, -0.1) is 0 Å². The fourth-order valence-corrected chi connectivity index (χ4v) is 2.43. The molecule has 14 heavy (non-hydrogen) atoms. The summed E-state index contributed by atoms with van der Waals surface area (Å²) in [5.74, 6) is 2.12. The summed E-state index contributed by atoms with van der Waals surface area (Å²) in [6, 6.07) is 0. The van der Waals surface area contributed by atoms with Gasteiger partial charge in [0.15, 0.2) is 0 Å². The average Bonchev–Trinajstić information content (AvgIpc) is 2.58. The van der Waals surface area contributed by atoms with Gasteiger partial charge in [-0.1, -0.05) is 38.5 Å². The van der Waals surface area contributed by atoms with Crippen molar-refractivity contribution in [3.05, 3.63) is 18.2 Å². The van der Waals surface area contributed by atoms with E-state index < -0.39 is 0 Å². The van der Waals surface area contributed by atoms with Gasteiger partial charge in [-0.2, -0.15) is 0 Å². The zero-order chi connectivity index (χ0) is 9.64. The predicted octanol–water partition coefficient (Wildman–Crippen LogP) is 3.31. The highest BCUT2D eigenvalue weighted by molar-refractivity contribution is 4.87. The van der Waals surface area contributed by atoms with Crippen molar-refractivity contribution in [3.8, 4) is 0 Å². The molecule has 0 spiro atoms. The molecule has 1 fully saturated rings. The molecule has 1 aliphatic carbocycles. The van der Waals surface area contributed by atoms with Crippen LogP contribution in [0.2, 0.25) is 0 Å². The zero-order valence-corrected chi connectivity index (χ0v) is 8.84. The van der Waals surface area contributed by atoms with E-state index in [1.54, 1.807) is 0 Å². The first-order valence-electron chi connectivity index (χ1n) is 5.93. The highest BCUT2D eigenvalue weighted by Gasteiger charge is 2.12. The van der Waals surface area contributed by atoms with Gasteiger partial charge in [-0.25, -0.2) is 4.98 Å². The van der Waals surface area contributed by atoms with E-state index in [0.717, 1.165) is 18.2 Å². The Kier molecular flexibility index (Phi) is 3.61. The molecule has 0 atom stereocenters. The number of nitrogens with one attached hydrogen (secondary N) is 1. The Morgan fingerprint density at radius 3 is 2.64 bits per heavy atom. The summed E-state index contributed by atoms with van der Waals surface area (Å²) >= 11 is 0. The smallest absolute Gasteiger partial charge is 0.106 e. The lowest BCUT2D eigenvalue weighted by Crippen LogP contribution is -2.01. The minimum Gasteiger partial charge on any atom is -0.349 e. The molecule has 1 saturated carbocycles. The summed E-state index contributed by atoms with van der Waals surface area (Å²) in [4.78, 5) is 7.45. The maximum Gasteiger partial charge on any atom is 0.106 e. The molecule has 1 heterocycles. The van der Waals surface area contributed by atoms with Crippen molar-refractivity contribution < 1.29 is 0 Å². The molecule has 0 radical (unpaired) electrons. The lowest BCUT2D eigenvalue weighted by atomic mass is 9.95. The highest BCUT2D eigenvalue weighted by atomic mass is 14.9. The number of nitrogens with zero attached hydrogens (tertiary/aromatic N) is 1. The predicted molar refractivity (Wildman–Crippen MR) is 58.1 cm³/mol. The Morgan fingerprint density at radius 2 is 2.00 bits per heavy atom. The average molecular weight is 192 g/mol. The molecule has 0 aromatic carbocycles. The van der Waals surface area contributed by atoms with Gasteiger partial charge < -0.3 is 4.98 Å². The maximum atomic E-state index is 4.27. The second-order valence-electron chi connectivity index (χ2n) is 4.43. The Hall–Kier alpha value is -0.790. The number of hydrogen-bond donors (Lipinski definition) is 1. The molecule has 1 N–H and O–H groups in total. The fourth-order valence-electron chi connectivity index (χ4n) is 2.43. The zero-order valence-electron chi connectivity index (χ0n) is 8.84. The molecule has 2 rings (SSSR count). The maximum absolute atomic E-state index is 4.27. The van der Waals surface area contributed by atoms with Crippen molar-refractivity contribution in [1.29, 1.82) is 0 Å². The number of imidazole rings is 1. The van der Waals surface area contributed by atoms with Crippen LogP contribution in [0.1, 0.15) is 50.8 Å². The van der Waals surface area contributed by atoms with E-state index in [4.69, 9.17) is 0 Å². The van der Waals surface area contributed by atoms with Gasteiger partial charge in [0.1, 0.15) is 5.82 Å². The number of aryl methyl sites for hydroxylation is 1. The van der Waals surface area contributed by atoms with Crippen LogP contribution in [-0.2, 0) is 6.42 Å². The standard InChI is InChI=1S/C12H20N2/c1-2-4-6-11(5-3-1)7-8-12-13-9-10-14-12/h9-11H,1-8H2,(H,13,14). The lowest BCUT2D eigenvalue weighted by Gasteiger charge is -2.12. The van der Waals surface area contributed by atoms with Crippen molar-refractivity contribution in [2.45, 2.75) is 51.4 Å². The summed E-state index contributed by atoms with van der Waals surface area (Å²) in [7, 11) is 0. The van der Waals surface area contributed by atoms with E-state index in [0.29, 0.717) is 0 Å². The van der Waals surface area contributed by atoms with Crippen LogP contribution in [0.15, 0.2) is 12.4 Å². The molecule has 0 aliphatic heterocycles. The van der Waals surface area contributed by atoms with E-state index >= 15 is 0 Å². The van der Waals surface area contributed by atoms with Crippen LogP contribution in [-0.4, -0.2) is 9.97 Å². The number of aromatic nitrogens is 2. The summed E-state index contributed by atoms with van der Waals surface area (Å²) in [5, 5.41) is 0. The van der Waals surface area contributed by atoms with Crippen LogP contribution in [0.3, 0.4) is 0 Å². The van der Waals surface area contributed by atoms with E-state index in [-0.39, 0.29) is 0 Å².